The normalized spacial score (nSPS) is 24.1. The fourth-order valence-electron chi connectivity index (χ4n) is 4.33. The molecule has 1 unspecified atom stereocenters. The number of nitrogens with one attached hydrogen (secondary N) is 5. The van der Waals surface area contributed by atoms with Gasteiger partial charge in [-0.25, -0.2) is 4.79 Å². The van der Waals surface area contributed by atoms with Crippen LogP contribution in [0, 0.1) is 11.8 Å². The number of alkyl carbamates (subject to hydrolysis) is 1. The van der Waals surface area contributed by atoms with Crippen LogP contribution in [0.3, 0.4) is 0 Å². The van der Waals surface area contributed by atoms with Gasteiger partial charge in [0.25, 0.3) is 0 Å². The zero-order chi connectivity index (χ0) is 34.2. The topological polar surface area (TPSA) is 178 Å². The Kier molecular flexibility index (Phi) is 19.1. The van der Waals surface area contributed by atoms with Gasteiger partial charge in [-0.3, -0.25) is 19.7 Å². The lowest BCUT2D eigenvalue weighted by Gasteiger charge is -2.31. The van der Waals surface area contributed by atoms with E-state index in [4.69, 9.17) is 4.74 Å². The molecule has 1 aliphatic rings. The van der Waals surface area contributed by atoms with Gasteiger partial charge in [0.15, 0.2) is 0 Å². The van der Waals surface area contributed by atoms with E-state index in [1.165, 1.54) is 30.4 Å². The Morgan fingerprint density at radius 3 is 2.24 bits per heavy atom. The molecule has 0 radical (unpaired) electrons. The molecule has 0 aliphatic carbocycles. The van der Waals surface area contributed by atoms with Gasteiger partial charge >= 0.3 is 6.09 Å². The van der Waals surface area contributed by atoms with Crippen LogP contribution < -0.4 is 26.6 Å². The SMILES string of the molecule is CCCCNC(O)[C@@H](NC(=O)[C@H](C)C[C@H](O)[C@@H]1CSC/C=C/CSC[C@H](NC(=O)OC(C)(C)C)C(=O)N[C@@H](C)C(=O)N1)C(C)C. The van der Waals surface area contributed by atoms with Crippen LogP contribution in [-0.2, 0) is 19.1 Å². The first-order valence-corrected chi connectivity index (χ1v) is 18.2. The Morgan fingerprint density at radius 1 is 1.04 bits per heavy atom. The number of aliphatic hydroxyl groups is 2. The van der Waals surface area contributed by atoms with Crippen LogP contribution in [0.15, 0.2) is 12.2 Å². The maximum atomic E-state index is 13.2. The van der Waals surface area contributed by atoms with Crippen molar-refractivity contribution in [2.45, 2.75) is 117 Å². The van der Waals surface area contributed by atoms with Crippen LogP contribution in [0.2, 0.25) is 0 Å². The molecule has 4 amide bonds. The maximum absolute atomic E-state index is 13.2. The number of thioether (sulfide) groups is 2. The van der Waals surface area contributed by atoms with Gasteiger partial charge in [-0.1, -0.05) is 46.3 Å². The summed E-state index contributed by atoms with van der Waals surface area (Å²) < 4.78 is 5.31. The number of ether oxygens (including phenoxy) is 1. The summed E-state index contributed by atoms with van der Waals surface area (Å²) in [7, 11) is 0. The number of rotatable bonds is 12. The summed E-state index contributed by atoms with van der Waals surface area (Å²) in [5.41, 5.74) is -0.738. The van der Waals surface area contributed by atoms with Crippen LogP contribution in [0.5, 0.6) is 0 Å². The van der Waals surface area contributed by atoms with Crippen molar-refractivity contribution >= 4 is 47.3 Å². The first-order chi connectivity index (χ1) is 21.0. The van der Waals surface area contributed by atoms with Crippen molar-refractivity contribution < 1.29 is 34.1 Å². The van der Waals surface area contributed by atoms with Crippen molar-refractivity contribution in [3.05, 3.63) is 12.2 Å². The van der Waals surface area contributed by atoms with Crippen LogP contribution in [-0.4, -0.2) is 106 Å². The van der Waals surface area contributed by atoms with Gasteiger partial charge in [0, 0.05) is 28.9 Å². The summed E-state index contributed by atoms with van der Waals surface area (Å²) >= 11 is 2.99. The van der Waals surface area contributed by atoms with Crippen LogP contribution >= 0.6 is 23.5 Å². The second kappa shape index (κ2) is 21.0. The highest BCUT2D eigenvalue weighted by Crippen LogP contribution is 2.17. The van der Waals surface area contributed by atoms with E-state index in [0.717, 1.165) is 12.8 Å². The van der Waals surface area contributed by atoms with Crippen molar-refractivity contribution in [1.29, 1.82) is 0 Å². The van der Waals surface area contributed by atoms with E-state index < -0.39 is 65.9 Å². The third-order valence-electron chi connectivity index (χ3n) is 7.02. The second-order valence-electron chi connectivity index (χ2n) is 12.8. The molecule has 0 aromatic carbocycles. The third kappa shape index (κ3) is 16.9. The molecule has 0 saturated carbocycles. The number of amides is 4. The number of unbranched alkanes of at least 4 members (excludes halogenated alkanes) is 1. The lowest BCUT2D eigenvalue weighted by molar-refractivity contribution is -0.130. The second-order valence-corrected chi connectivity index (χ2v) is 15.0. The first kappa shape index (κ1) is 41.0. The number of carbonyl (C=O) groups is 4. The van der Waals surface area contributed by atoms with E-state index in [2.05, 4.69) is 33.5 Å². The van der Waals surface area contributed by atoms with Crippen molar-refractivity contribution in [3.8, 4) is 0 Å². The minimum atomic E-state index is -1.05. The van der Waals surface area contributed by atoms with Crippen molar-refractivity contribution in [3.63, 3.8) is 0 Å². The quantitative estimate of drug-likeness (QED) is 0.0921. The van der Waals surface area contributed by atoms with Gasteiger partial charge in [-0.15, -0.1) is 0 Å². The molecule has 7 atom stereocenters. The number of hydrogen-bond donors (Lipinski definition) is 7. The van der Waals surface area contributed by atoms with Gasteiger partial charge in [-0.2, -0.15) is 23.5 Å². The number of carbonyl (C=O) groups excluding carboxylic acids is 4. The lowest BCUT2D eigenvalue weighted by atomic mass is 9.96. The molecule has 260 valence electrons. The molecule has 0 aromatic heterocycles. The smallest absolute Gasteiger partial charge is 0.408 e. The Morgan fingerprint density at radius 2 is 1.67 bits per heavy atom. The summed E-state index contributed by atoms with van der Waals surface area (Å²) in [5.74, 6) is -0.0399. The molecule has 1 heterocycles. The molecule has 14 heteroatoms. The Balaban J connectivity index is 2.94. The molecule has 12 nitrogen and oxygen atoms in total. The molecular formula is C31H57N5O7S2. The Hall–Kier alpha value is -2.00. The summed E-state index contributed by atoms with van der Waals surface area (Å²) in [5, 5.41) is 35.9. The third-order valence-corrected chi connectivity index (χ3v) is 9.04. The minimum absolute atomic E-state index is 0.0308. The Bertz CT molecular complexity index is 963. The van der Waals surface area contributed by atoms with Crippen LogP contribution in [0.25, 0.3) is 0 Å². The zero-order valence-electron chi connectivity index (χ0n) is 28.2. The number of hydrogen-bond acceptors (Lipinski definition) is 10. The number of aliphatic hydroxyl groups excluding tert-OH is 2. The maximum Gasteiger partial charge on any atom is 0.408 e. The van der Waals surface area contributed by atoms with E-state index in [0.29, 0.717) is 23.8 Å². The van der Waals surface area contributed by atoms with Crippen molar-refractivity contribution in [2.24, 2.45) is 11.8 Å². The van der Waals surface area contributed by atoms with E-state index in [9.17, 15) is 29.4 Å². The Labute approximate surface area is 277 Å². The predicted octanol–water partition coefficient (Wildman–Crippen LogP) is 2.14. The van der Waals surface area contributed by atoms with E-state index in [1.807, 2.05) is 26.0 Å². The van der Waals surface area contributed by atoms with Crippen LogP contribution in [0.1, 0.15) is 74.7 Å². The summed E-state index contributed by atoms with van der Waals surface area (Å²) in [6.07, 6.45) is 3.23. The molecular weight excluding hydrogens is 619 g/mol. The highest BCUT2D eigenvalue weighted by molar-refractivity contribution is 7.99. The molecule has 1 aliphatic heterocycles. The van der Waals surface area contributed by atoms with E-state index in [1.54, 1.807) is 27.7 Å². The molecule has 0 fully saturated rings. The highest BCUT2D eigenvalue weighted by Gasteiger charge is 2.32. The minimum Gasteiger partial charge on any atom is -0.444 e. The summed E-state index contributed by atoms with van der Waals surface area (Å²) in [6.45, 7) is 14.9. The molecule has 0 saturated heterocycles. The first-order valence-electron chi connectivity index (χ1n) is 15.9. The average molecular weight is 676 g/mol. The predicted molar refractivity (Wildman–Crippen MR) is 182 cm³/mol. The monoisotopic (exact) mass is 675 g/mol. The molecule has 1 rings (SSSR count). The van der Waals surface area contributed by atoms with E-state index >= 15 is 0 Å². The van der Waals surface area contributed by atoms with Gasteiger partial charge in [0.1, 0.15) is 23.9 Å². The lowest BCUT2D eigenvalue weighted by Crippen LogP contribution is -2.57. The standard InChI is InChI=1S/C31H57N5O7S2/c1-9-10-13-32-29(41)25(19(2)3)36-26(38)20(4)16-24(37)22-17-44-14-11-12-15-45-18-23(35-30(42)43-31(6,7)8)28(40)33-21(5)27(39)34-22/h11-12,19-25,29,32,37,41H,9-10,13-18H2,1-8H3,(H,33,40)(H,34,39)(H,35,42)(H,36,38)/b12-11+/t20-,21+,22+,23+,24+,25+,29?/m1/s1. The van der Waals surface area contributed by atoms with Crippen LogP contribution in [0.4, 0.5) is 4.79 Å². The van der Waals surface area contributed by atoms with Gasteiger partial charge in [0.2, 0.25) is 17.7 Å². The fraction of sp³-hybridized carbons (Fsp3) is 0.806. The summed E-state index contributed by atoms with van der Waals surface area (Å²) in [6, 6.07) is -3.08. The highest BCUT2D eigenvalue weighted by atomic mass is 32.2. The fourth-order valence-corrected chi connectivity index (χ4v) is 6.17. The van der Waals surface area contributed by atoms with E-state index in [-0.39, 0.29) is 24.0 Å². The van der Waals surface area contributed by atoms with Crippen molar-refractivity contribution in [1.82, 2.24) is 26.6 Å². The van der Waals surface area contributed by atoms with Gasteiger partial charge in [-0.05, 0) is 53.0 Å². The molecule has 0 spiro atoms. The zero-order valence-corrected chi connectivity index (χ0v) is 29.8. The average Bonchev–Trinajstić information content (AvgIpc) is 2.94. The van der Waals surface area contributed by atoms with Gasteiger partial charge < -0.3 is 36.2 Å². The molecule has 45 heavy (non-hydrogen) atoms. The molecule has 0 bridgehead atoms. The molecule has 0 aromatic rings. The van der Waals surface area contributed by atoms with Gasteiger partial charge in [0.05, 0.1) is 18.2 Å². The largest absolute Gasteiger partial charge is 0.444 e. The summed E-state index contributed by atoms with van der Waals surface area (Å²) in [4.78, 5) is 51.7. The van der Waals surface area contributed by atoms with Crippen molar-refractivity contribution in [2.75, 3.05) is 29.6 Å². The molecule has 7 N–H and O–H groups in total.